The lowest BCUT2D eigenvalue weighted by Crippen LogP contribution is -2.38. The number of rotatable bonds is 5. The minimum absolute atomic E-state index is 0.190. The van der Waals surface area contributed by atoms with Crippen LogP contribution in [0.15, 0.2) is 48.2 Å². The molecule has 148 valence electrons. The molecule has 29 heavy (non-hydrogen) atoms. The third-order valence-corrected chi connectivity index (χ3v) is 3.90. The number of carbonyl (C=O) groups is 3. The van der Waals surface area contributed by atoms with Crippen molar-refractivity contribution < 1.29 is 28.8 Å². The fraction of sp³-hybridized carbons (Fsp3) is 0.0556. The van der Waals surface area contributed by atoms with E-state index < -0.39 is 46.6 Å². The van der Waals surface area contributed by atoms with Gasteiger partial charge in [-0.05, 0) is 42.0 Å². The van der Waals surface area contributed by atoms with Crippen LogP contribution in [0.25, 0.3) is 6.08 Å². The molecule has 1 heterocycles. The summed E-state index contributed by atoms with van der Waals surface area (Å²) in [7, 11) is 0. The topological polar surface area (TPSA) is 142 Å². The second-order valence-electron chi connectivity index (χ2n) is 5.94. The number of anilines is 1. The Bertz CT molecular complexity index is 1050. The lowest BCUT2D eigenvalue weighted by Gasteiger charge is -2.11. The van der Waals surface area contributed by atoms with E-state index >= 15 is 0 Å². The first-order valence-corrected chi connectivity index (χ1v) is 8.12. The second-order valence-corrected chi connectivity index (χ2v) is 5.94. The molecule has 0 aliphatic carbocycles. The second kappa shape index (κ2) is 7.76. The number of halogens is 1. The third-order valence-electron chi connectivity index (χ3n) is 3.90. The summed E-state index contributed by atoms with van der Waals surface area (Å²) in [6.07, 6.45) is 1.19. The number of amides is 4. The summed E-state index contributed by atoms with van der Waals surface area (Å²) >= 11 is 0. The van der Waals surface area contributed by atoms with E-state index in [1.165, 1.54) is 24.3 Å². The predicted octanol–water partition coefficient (Wildman–Crippen LogP) is 1.97. The maximum absolute atomic E-state index is 12.9. The highest BCUT2D eigenvalue weighted by molar-refractivity contribution is 6.15. The number of phenolic OH excluding ortho intramolecular Hbond substituents is 1. The van der Waals surface area contributed by atoms with E-state index in [-0.39, 0.29) is 16.9 Å². The van der Waals surface area contributed by atoms with Crippen molar-refractivity contribution in [3.8, 4) is 5.75 Å². The van der Waals surface area contributed by atoms with Gasteiger partial charge in [0.05, 0.1) is 4.92 Å². The van der Waals surface area contributed by atoms with E-state index in [0.29, 0.717) is 4.90 Å². The van der Waals surface area contributed by atoms with E-state index in [1.807, 2.05) is 0 Å². The Kier molecular flexibility index (Phi) is 5.21. The largest absolute Gasteiger partial charge is 0.502 e. The van der Waals surface area contributed by atoms with Crippen LogP contribution in [0.2, 0.25) is 0 Å². The van der Waals surface area contributed by atoms with Gasteiger partial charge in [-0.2, -0.15) is 0 Å². The minimum atomic E-state index is -0.844. The van der Waals surface area contributed by atoms with Gasteiger partial charge in [0.15, 0.2) is 5.75 Å². The van der Waals surface area contributed by atoms with Crippen molar-refractivity contribution in [2.45, 2.75) is 0 Å². The molecule has 4 amide bonds. The summed E-state index contributed by atoms with van der Waals surface area (Å²) in [5.74, 6) is -2.51. The first kappa shape index (κ1) is 19.5. The fourth-order valence-electron chi connectivity index (χ4n) is 2.54. The zero-order chi connectivity index (χ0) is 21.1. The molecule has 1 aliphatic rings. The molecule has 2 aromatic carbocycles. The molecule has 0 bridgehead atoms. The molecule has 0 atom stereocenters. The third kappa shape index (κ3) is 4.35. The van der Waals surface area contributed by atoms with Gasteiger partial charge in [-0.25, -0.2) is 14.1 Å². The molecule has 2 aromatic rings. The fourth-order valence-corrected chi connectivity index (χ4v) is 2.54. The first-order valence-electron chi connectivity index (χ1n) is 8.12. The molecule has 10 nitrogen and oxygen atoms in total. The van der Waals surface area contributed by atoms with Crippen molar-refractivity contribution in [3.63, 3.8) is 0 Å². The van der Waals surface area contributed by atoms with Crippen LogP contribution in [0.4, 0.5) is 20.6 Å². The van der Waals surface area contributed by atoms with Gasteiger partial charge in [-0.15, -0.1) is 0 Å². The Balaban J connectivity index is 1.73. The number of nitrogens with zero attached hydrogens (tertiary/aromatic N) is 2. The predicted molar refractivity (Wildman–Crippen MR) is 98.0 cm³/mol. The maximum atomic E-state index is 12.9. The average molecular weight is 400 g/mol. The number of nitro benzene ring substituents is 1. The molecule has 0 spiro atoms. The van der Waals surface area contributed by atoms with Crippen LogP contribution in [0.3, 0.4) is 0 Å². The van der Waals surface area contributed by atoms with Gasteiger partial charge in [0, 0.05) is 11.8 Å². The zero-order valence-electron chi connectivity index (χ0n) is 14.6. The summed E-state index contributed by atoms with van der Waals surface area (Å²) < 4.78 is 12.9. The van der Waals surface area contributed by atoms with Gasteiger partial charge in [-0.1, -0.05) is 6.07 Å². The summed E-state index contributed by atoms with van der Waals surface area (Å²) in [5.41, 5.74) is -0.275. The number of nitrogens with one attached hydrogen (secondary N) is 2. The van der Waals surface area contributed by atoms with Crippen molar-refractivity contribution in [3.05, 3.63) is 69.7 Å². The molecule has 3 rings (SSSR count). The van der Waals surface area contributed by atoms with Crippen LogP contribution in [-0.2, 0) is 9.59 Å². The normalized spacial score (nSPS) is 14.8. The van der Waals surface area contributed by atoms with Crippen molar-refractivity contribution in [1.29, 1.82) is 0 Å². The van der Waals surface area contributed by atoms with Crippen molar-refractivity contribution in [2.24, 2.45) is 0 Å². The van der Waals surface area contributed by atoms with Crippen molar-refractivity contribution in [1.82, 2.24) is 10.2 Å². The summed E-state index contributed by atoms with van der Waals surface area (Å²) in [6.45, 7) is -0.588. The Labute approximate surface area is 162 Å². The number of aromatic hydroxyl groups is 1. The highest BCUT2D eigenvalue weighted by atomic mass is 19.1. The molecule has 1 fully saturated rings. The molecule has 3 N–H and O–H groups in total. The Morgan fingerprint density at radius 3 is 2.59 bits per heavy atom. The molecule has 0 saturated carbocycles. The standard InChI is InChI=1S/C18H13FN4O6/c19-11-2-4-12(5-3-11)20-16(25)9-22-17(26)13(21-18(22)27)7-10-1-6-15(24)14(8-10)23(28)29/h1-8,24H,9H2,(H,20,25)(H,21,27)/b13-7-. The van der Waals surface area contributed by atoms with Crippen LogP contribution >= 0.6 is 0 Å². The van der Waals surface area contributed by atoms with Crippen LogP contribution in [0.1, 0.15) is 5.56 Å². The number of hydrogen-bond acceptors (Lipinski definition) is 6. The molecular formula is C18H13FN4O6. The Morgan fingerprint density at radius 2 is 1.93 bits per heavy atom. The monoisotopic (exact) mass is 400 g/mol. The molecular weight excluding hydrogens is 387 g/mol. The Morgan fingerprint density at radius 1 is 1.24 bits per heavy atom. The summed E-state index contributed by atoms with van der Waals surface area (Å²) in [6, 6.07) is 7.51. The molecule has 1 aliphatic heterocycles. The SMILES string of the molecule is O=C(CN1C(=O)N/C(=C\c2ccc(O)c([N+](=O)[O-])c2)C1=O)Nc1ccc(F)cc1. The maximum Gasteiger partial charge on any atom is 0.329 e. The van der Waals surface area contributed by atoms with Gasteiger partial charge in [0.25, 0.3) is 5.91 Å². The van der Waals surface area contributed by atoms with E-state index in [0.717, 1.165) is 24.3 Å². The number of imide groups is 1. The first-order chi connectivity index (χ1) is 13.7. The van der Waals surface area contributed by atoms with Gasteiger partial charge in [0.1, 0.15) is 18.1 Å². The van der Waals surface area contributed by atoms with E-state index in [2.05, 4.69) is 10.6 Å². The lowest BCUT2D eigenvalue weighted by molar-refractivity contribution is -0.385. The van der Waals surface area contributed by atoms with Crippen molar-refractivity contribution >= 4 is 35.3 Å². The number of benzene rings is 2. The summed E-state index contributed by atoms with van der Waals surface area (Å²) in [4.78, 5) is 47.2. The molecule has 1 saturated heterocycles. The molecule has 0 unspecified atom stereocenters. The van der Waals surface area contributed by atoms with E-state index in [4.69, 9.17) is 0 Å². The van der Waals surface area contributed by atoms with Gasteiger partial charge in [-0.3, -0.25) is 19.7 Å². The number of nitro groups is 1. The number of carbonyl (C=O) groups excluding carboxylic acids is 3. The van der Waals surface area contributed by atoms with Gasteiger partial charge >= 0.3 is 11.7 Å². The van der Waals surface area contributed by atoms with Crippen LogP contribution in [0, 0.1) is 15.9 Å². The Hall–Kier alpha value is -4.28. The highest BCUT2D eigenvalue weighted by Crippen LogP contribution is 2.27. The van der Waals surface area contributed by atoms with Crippen molar-refractivity contribution in [2.75, 3.05) is 11.9 Å². The van der Waals surface area contributed by atoms with E-state index in [1.54, 1.807) is 0 Å². The highest BCUT2D eigenvalue weighted by Gasteiger charge is 2.35. The molecule has 11 heteroatoms. The number of hydrogen-bond donors (Lipinski definition) is 3. The quantitative estimate of drug-likeness (QED) is 0.303. The van der Waals surface area contributed by atoms with Crippen LogP contribution in [-0.4, -0.2) is 39.3 Å². The number of phenols is 1. The molecule has 0 radical (unpaired) electrons. The van der Waals surface area contributed by atoms with Crippen LogP contribution in [0.5, 0.6) is 5.75 Å². The van der Waals surface area contributed by atoms with Gasteiger partial charge < -0.3 is 15.7 Å². The van der Waals surface area contributed by atoms with Crippen LogP contribution < -0.4 is 10.6 Å². The molecule has 0 aromatic heterocycles. The smallest absolute Gasteiger partial charge is 0.329 e. The zero-order valence-corrected chi connectivity index (χ0v) is 14.6. The van der Waals surface area contributed by atoms with E-state index in [9.17, 15) is 34.0 Å². The van der Waals surface area contributed by atoms with Gasteiger partial charge in [0.2, 0.25) is 5.91 Å². The average Bonchev–Trinajstić information content (AvgIpc) is 2.92. The minimum Gasteiger partial charge on any atom is -0.502 e. The lowest BCUT2D eigenvalue weighted by atomic mass is 10.1. The number of urea groups is 1. The summed E-state index contributed by atoms with van der Waals surface area (Å²) in [5, 5.41) is 25.1.